The van der Waals surface area contributed by atoms with Gasteiger partial charge in [0.05, 0.1) is 16.2 Å². The molecule has 0 bridgehead atoms. The molecule has 4 rings (SSSR count). The molecular formula is C28H24N8O3S2. The largest absolute Gasteiger partial charge is 0.383 e. The van der Waals surface area contributed by atoms with Crippen LogP contribution in [-0.4, -0.2) is 35.0 Å². The molecule has 1 amide bonds. The molecule has 41 heavy (non-hydrogen) atoms. The number of carbonyl (C=O) groups is 1. The number of aryl methyl sites for hydroxylation is 2. The van der Waals surface area contributed by atoms with Gasteiger partial charge < -0.3 is 11.1 Å². The van der Waals surface area contributed by atoms with Crippen molar-refractivity contribution in [3.05, 3.63) is 83.2 Å². The highest BCUT2D eigenvalue weighted by molar-refractivity contribution is 8.00. The van der Waals surface area contributed by atoms with Crippen LogP contribution >= 0.6 is 11.8 Å². The first kappa shape index (κ1) is 29.0. The molecule has 0 unspecified atom stereocenters. The molecule has 11 nitrogen and oxygen atoms in total. The normalized spacial score (nSPS) is 10.8. The molecule has 0 fully saturated rings. The van der Waals surface area contributed by atoms with E-state index in [-0.39, 0.29) is 38.6 Å². The quantitative estimate of drug-likeness (QED) is 0.240. The van der Waals surface area contributed by atoms with Crippen LogP contribution in [0.25, 0.3) is 11.1 Å². The number of nitrogens with one attached hydrogen (secondary N) is 2. The lowest BCUT2D eigenvalue weighted by Gasteiger charge is -2.13. The van der Waals surface area contributed by atoms with E-state index < -0.39 is 15.9 Å². The highest BCUT2D eigenvalue weighted by Crippen LogP contribution is 2.35. The average Bonchev–Trinajstić information content (AvgIpc) is 2.95. The first-order valence-electron chi connectivity index (χ1n) is 12.2. The summed E-state index contributed by atoms with van der Waals surface area (Å²) in [4.78, 5) is 24.8. The fraction of sp³-hybridized carbons (Fsp3) is 0.143. The number of rotatable bonds is 9. The molecule has 13 heteroatoms. The summed E-state index contributed by atoms with van der Waals surface area (Å²) in [5, 5.41) is 22.6. The van der Waals surface area contributed by atoms with Crippen LogP contribution in [0.5, 0.6) is 0 Å². The van der Waals surface area contributed by atoms with Crippen LogP contribution in [-0.2, 0) is 21.2 Å². The molecule has 2 heterocycles. The summed E-state index contributed by atoms with van der Waals surface area (Å²) in [6.45, 7) is 3.74. The van der Waals surface area contributed by atoms with E-state index in [2.05, 4.69) is 31.1 Å². The van der Waals surface area contributed by atoms with Gasteiger partial charge in [-0.3, -0.25) is 4.79 Å². The molecule has 0 spiro atoms. The minimum absolute atomic E-state index is 0.0366. The minimum atomic E-state index is -3.94. The number of anilines is 3. The Kier molecular flexibility index (Phi) is 8.82. The maximum Gasteiger partial charge on any atom is 0.264 e. The van der Waals surface area contributed by atoms with Crippen molar-refractivity contribution >= 4 is 45.1 Å². The molecule has 0 aliphatic carbocycles. The fourth-order valence-corrected chi connectivity index (χ4v) is 5.57. The van der Waals surface area contributed by atoms with Gasteiger partial charge in [0.1, 0.15) is 28.5 Å². The molecule has 206 valence electrons. The Morgan fingerprint density at radius 3 is 2.29 bits per heavy atom. The van der Waals surface area contributed by atoms with Gasteiger partial charge in [-0.05, 0) is 54.8 Å². The van der Waals surface area contributed by atoms with Gasteiger partial charge in [-0.2, -0.15) is 10.5 Å². The Balaban J connectivity index is 1.48. The first-order valence-corrected chi connectivity index (χ1v) is 14.7. The van der Waals surface area contributed by atoms with Gasteiger partial charge in [-0.25, -0.2) is 28.1 Å². The lowest BCUT2D eigenvalue weighted by atomic mass is 9.96. The monoisotopic (exact) mass is 584 g/mol. The second-order valence-corrected chi connectivity index (χ2v) is 11.3. The second kappa shape index (κ2) is 12.5. The second-order valence-electron chi connectivity index (χ2n) is 8.69. The van der Waals surface area contributed by atoms with Gasteiger partial charge in [0.15, 0.2) is 0 Å². The molecule has 4 aromatic rings. The molecule has 0 atom stereocenters. The van der Waals surface area contributed by atoms with E-state index in [1.165, 1.54) is 30.5 Å². The lowest BCUT2D eigenvalue weighted by Crippen LogP contribution is -2.16. The number of carbonyl (C=O) groups excluding carboxylic acids is 1. The minimum Gasteiger partial charge on any atom is -0.383 e. The number of nitrogens with zero attached hydrogens (tertiary/aromatic N) is 5. The number of amides is 1. The number of hydrogen-bond donors (Lipinski definition) is 3. The Morgan fingerprint density at radius 2 is 1.68 bits per heavy atom. The summed E-state index contributed by atoms with van der Waals surface area (Å²) in [5.74, 6) is -0.618. The smallest absolute Gasteiger partial charge is 0.264 e. The Labute approximate surface area is 241 Å². The van der Waals surface area contributed by atoms with Gasteiger partial charge in [-0.1, -0.05) is 43.0 Å². The van der Waals surface area contributed by atoms with Gasteiger partial charge in [0.25, 0.3) is 10.0 Å². The number of nitrogen functional groups attached to an aromatic ring is 1. The molecule has 4 N–H and O–H groups in total. The van der Waals surface area contributed by atoms with E-state index in [9.17, 15) is 23.7 Å². The number of nitrogens with two attached hydrogens (primary N) is 1. The van der Waals surface area contributed by atoms with Gasteiger partial charge in [0.2, 0.25) is 11.9 Å². The van der Waals surface area contributed by atoms with Gasteiger partial charge >= 0.3 is 0 Å². The zero-order valence-electron chi connectivity index (χ0n) is 22.0. The zero-order valence-corrected chi connectivity index (χ0v) is 23.7. The van der Waals surface area contributed by atoms with Gasteiger partial charge in [-0.15, -0.1) is 0 Å². The molecular weight excluding hydrogens is 560 g/mol. The third kappa shape index (κ3) is 6.78. The summed E-state index contributed by atoms with van der Waals surface area (Å²) < 4.78 is 27.6. The van der Waals surface area contributed by atoms with E-state index in [4.69, 9.17) is 5.73 Å². The van der Waals surface area contributed by atoms with Crippen molar-refractivity contribution in [1.82, 2.24) is 15.0 Å². The van der Waals surface area contributed by atoms with Crippen LogP contribution in [0.15, 0.2) is 70.7 Å². The third-order valence-electron chi connectivity index (χ3n) is 5.88. The van der Waals surface area contributed by atoms with Crippen LogP contribution in [0, 0.1) is 29.6 Å². The van der Waals surface area contributed by atoms with E-state index >= 15 is 0 Å². The van der Waals surface area contributed by atoms with Crippen molar-refractivity contribution in [1.29, 1.82) is 10.5 Å². The van der Waals surface area contributed by atoms with E-state index in [0.717, 1.165) is 23.7 Å². The zero-order chi connectivity index (χ0) is 29.6. The summed E-state index contributed by atoms with van der Waals surface area (Å²) in [6, 6.07) is 18.9. The number of sulfonamides is 1. The van der Waals surface area contributed by atoms with Crippen molar-refractivity contribution in [3.8, 4) is 23.3 Å². The van der Waals surface area contributed by atoms with Gasteiger partial charge in [0, 0.05) is 23.1 Å². The van der Waals surface area contributed by atoms with Crippen LogP contribution in [0.3, 0.4) is 0 Å². The first-order chi connectivity index (χ1) is 19.6. The molecule has 0 radical (unpaired) electrons. The van der Waals surface area contributed by atoms with Crippen molar-refractivity contribution < 1.29 is 13.2 Å². The molecule has 2 aromatic carbocycles. The molecule has 0 saturated carbocycles. The standard InChI is InChI=1S/C28H24N8O3S2/c1-3-18-4-6-19(7-5-18)25-22(14-29)26(31)35-27(23(25)15-30)40-16-24(37)34-20-8-10-21(11-9-20)41(38,39)36-28-32-13-12-17(2)33-28/h4-13H,3,16H2,1-2H3,(H2,31,35)(H,34,37)(H,32,33,36). The predicted octanol–water partition coefficient (Wildman–Crippen LogP) is 4.27. The van der Waals surface area contributed by atoms with Crippen molar-refractivity contribution in [2.75, 3.05) is 21.5 Å². The van der Waals surface area contributed by atoms with Crippen molar-refractivity contribution in [2.45, 2.75) is 30.2 Å². The van der Waals surface area contributed by atoms with Crippen LogP contribution in [0.2, 0.25) is 0 Å². The lowest BCUT2D eigenvalue weighted by molar-refractivity contribution is -0.113. The number of aromatic nitrogens is 3. The van der Waals surface area contributed by atoms with E-state index in [0.29, 0.717) is 22.5 Å². The summed E-state index contributed by atoms with van der Waals surface area (Å²) in [7, 11) is -3.94. The number of hydrogen-bond acceptors (Lipinski definition) is 10. The maximum absolute atomic E-state index is 12.7. The summed E-state index contributed by atoms with van der Waals surface area (Å²) in [5.41, 5.74) is 9.40. The molecule has 0 saturated heterocycles. The molecule has 2 aromatic heterocycles. The van der Waals surface area contributed by atoms with Crippen LogP contribution in [0.1, 0.15) is 29.3 Å². The number of thioether (sulfide) groups is 1. The summed E-state index contributed by atoms with van der Waals surface area (Å²) in [6.07, 6.45) is 2.28. The van der Waals surface area contributed by atoms with E-state index in [1.807, 2.05) is 37.3 Å². The fourth-order valence-electron chi connectivity index (χ4n) is 3.82. The maximum atomic E-state index is 12.7. The average molecular weight is 585 g/mol. The number of nitriles is 2. The topological polar surface area (TPSA) is 188 Å². The number of pyridine rings is 1. The van der Waals surface area contributed by atoms with Crippen molar-refractivity contribution in [3.63, 3.8) is 0 Å². The van der Waals surface area contributed by atoms with Crippen molar-refractivity contribution in [2.24, 2.45) is 0 Å². The Bertz CT molecular complexity index is 1790. The highest BCUT2D eigenvalue weighted by atomic mass is 32.2. The summed E-state index contributed by atoms with van der Waals surface area (Å²) >= 11 is 1.00. The van der Waals surface area contributed by atoms with Crippen LogP contribution in [0.4, 0.5) is 17.5 Å². The Morgan fingerprint density at radius 1 is 1.00 bits per heavy atom. The van der Waals surface area contributed by atoms with E-state index in [1.54, 1.807) is 13.0 Å². The molecule has 0 aliphatic heterocycles. The highest BCUT2D eigenvalue weighted by Gasteiger charge is 2.21. The molecule has 0 aliphatic rings. The predicted molar refractivity (Wildman–Crippen MR) is 156 cm³/mol. The Hall–Kier alpha value is -4.98. The third-order valence-corrected chi connectivity index (χ3v) is 8.19. The van der Waals surface area contributed by atoms with Crippen LogP contribution < -0.4 is 15.8 Å². The number of benzene rings is 2. The SMILES string of the molecule is CCc1ccc(-c2c(C#N)c(N)nc(SCC(=O)Nc3ccc(S(=O)(=O)Nc4nccc(C)n4)cc3)c2C#N)cc1.